The highest BCUT2D eigenvalue weighted by atomic mass is 16.5. The average molecular weight is 383 g/mol. The first-order valence-electron chi connectivity index (χ1n) is 9.93. The van der Waals surface area contributed by atoms with Gasteiger partial charge in [-0.3, -0.25) is 4.79 Å². The number of carbonyl (C=O) groups excluding carboxylic acids is 1. The number of hydrogen-bond acceptors (Lipinski definition) is 5. The second-order valence-corrected chi connectivity index (χ2v) is 7.27. The van der Waals surface area contributed by atoms with Gasteiger partial charge in [-0.2, -0.15) is 0 Å². The average Bonchev–Trinajstić information content (AvgIpc) is 3.19. The highest BCUT2D eigenvalue weighted by molar-refractivity contribution is 5.74. The van der Waals surface area contributed by atoms with E-state index in [2.05, 4.69) is 24.3 Å². The molecule has 3 atom stereocenters. The summed E-state index contributed by atoms with van der Waals surface area (Å²) < 4.78 is 11.8. The predicted octanol–water partition coefficient (Wildman–Crippen LogP) is 3.53. The Balaban J connectivity index is 1.88. The van der Waals surface area contributed by atoms with Crippen LogP contribution in [0.3, 0.4) is 0 Å². The van der Waals surface area contributed by atoms with Crippen LogP contribution in [0.15, 0.2) is 47.0 Å². The molecule has 0 saturated heterocycles. The first-order chi connectivity index (χ1) is 13.5. The van der Waals surface area contributed by atoms with E-state index in [1.165, 1.54) is 6.92 Å². The van der Waals surface area contributed by atoms with Gasteiger partial charge in [0.05, 0.1) is 18.2 Å². The lowest BCUT2D eigenvalue weighted by Crippen LogP contribution is -2.56. The van der Waals surface area contributed by atoms with E-state index in [4.69, 9.17) is 15.0 Å². The molecule has 28 heavy (non-hydrogen) atoms. The highest BCUT2D eigenvalue weighted by Gasteiger charge is 2.34. The van der Waals surface area contributed by atoms with Crippen molar-refractivity contribution in [2.75, 3.05) is 0 Å². The zero-order valence-electron chi connectivity index (χ0n) is 16.7. The summed E-state index contributed by atoms with van der Waals surface area (Å²) in [6.07, 6.45) is 4.25. The van der Waals surface area contributed by atoms with Gasteiger partial charge in [-0.05, 0) is 30.9 Å². The molecule has 1 aromatic heterocycles. The van der Waals surface area contributed by atoms with E-state index in [0.29, 0.717) is 12.2 Å². The molecule has 2 aromatic rings. The summed E-state index contributed by atoms with van der Waals surface area (Å²) in [6.45, 7) is 5.70. The van der Waals surface area contributed by atoms with Crippen LogP contribution in [0.1, 0.15) is 45.7 Å². The summed E-state index contributed by atoms with van der Waals surface area (Å²) >= 11 is 0. The Morgan fingerprint density at radius 2 is 2.04 bits per heavy atom. The predicted molar refractivity (Wildman–Crippen MR) is 109 cm³/mol. The number of aromatic nitrogens is 1. The Morgan fingerprint density at radius 3 is 2.68 bits per heavy atom. The molecule has 1 heterocycles. The molecule has 1 amide bonds. The van der Waals surface area contributed by atoms with Crippen molar-refractivity contribution in [2.45, 2.75) is 64.3 Å². The fraction of sp³-hybridized carbons (Fsp3) is 0.455. The number of benzene rings is 1. The quantitative estimate of drug-likeness (QED) is 0.763. The van der Waals surface area contributed by atoms with Gasteiger partial charge in [-0.25, -0.2) is 0 Å². The van der Waals surface area contributed by atoms with E-state index in [9.17, 15) is 4.79 Å². The number of nitrogens with zero attached hydrogens (tertiary/aromatic N) is 1. The van der Waals surface area contributed by atoms with Crippen molar-refractivity contribution in [3.8, 4) is 11.3 Å². The maximum Gasteiger partial charge on any atom is 0.217 e. The van der Waals surface area contributed by atoms with E-state index in [1.807, 2.05) is 42.5 Å². The zero-order valence-corrected chi connectivity index (χ0v) is 16.7. The Bertz CT molecular complexity index is 811. The maximum absolute atomic E-state index is 11.7. The van der Waals surface area contributed by atoms with Crippen LogP contribution in [0.2, 0.25) is 0 Å². The number of rotatable bonds is 7. The maximum atomic E-state index is 11.7. The second kappa shape index (κ2) is 9.17. The third-order valence-electron chi connectivity index (χ3n) is 5.16. The first kappa shape index (κ1) is 20.3. The van der Waals surface area contributed by atoms with Gasteiger partial charge >= 0.3 is 0 Å². The van der Waals surface area contributed by atoms with E-state index in [-0.39, 0.29) is 30.2 Å². The summed E-state index contributed by atoms with van der Waals surface area (Å²) in [5.41, 5.74) is 9.14. The van der Waals surface area contributed by atoms with Crippen LogP contribution in [0.4, 0.5) is 0 Å². The number of hydrogen-bond donors (Lipinski definition) is 2. The van der Waals surface area contributed by atoms with Gasteiger partial charge in [0.25, 0.3) is 0 Å². The molecule has 6 heteroatoms. The summed E-state index contributed by atoms with van der Waals surface area (Å²) in [7, 11) is 0. The van der Waals surface area contributed by atoms with Crippen molar-refractivity contribution in [1.29, 1.82) is 0 Å². The molecular weight excluding hydrogens is 354 g/mol. The second-order valence-electron chi connectivity index (χ2n) is 7.27. The third-order valence-corrected chi connectivity index (χ3v) is 5.16. The number of carbonyl (C=O) groups is 1. The fourth-order valence-corrected chi connectivity index (χ4v) is 3.60. The smallest absolute Gasteiger partial charge is 0.217 e. The lowest BCUT2D eigenvalue weighted by molar-refractivity contribution is -0.121. The molecule has 0 saturated carbocycles. The van der Waals surface area contributed by atoms with Crippen LogP contribution in [0, 0.1) is 0 Å². The Kier molecular flexibility index (Phi) is 6.65. The molecule has 0 spiro atoms. The Morgan fingerprint density at radius 1 is 1.32 bits per heavy atom. The van der Waals surface area contributed by atoms with Gasteiger partial charge < -0.3 is 20.3 Å². The molecule has 1 aromatic carbocycles. The fourth-order valence-electron chi connectivity index (χ4n) is 3.60. The molecule has 1 aliphatic carbocycles. The van der Waals surface area contributed by atoms with Crippen molar-refractivity contribution in [3.63, 3.8) is 0 Å². The van der Waals surface area contributed by atoms with Crippen LogP contribution in [0.5, 0.6) is 0 Å². The van der Waals surface area contributed by atoms with Crippen LogP contribution >= 0.6 is 0 Å². The number of nitrogens with two attached hydrogens (primary N) is 1. The first-order valence-corrected chi connectivity index (χ1v) is 9.93. The molecular formula is C22H29N3O3. The van der Waals surface area contributed by atoms with Gasteiger partial charge in [0.15, 0.2) is 5.76 Å². The normalized spacial score (nSPS) is 22.2. The van der Waals surface area contributed by atoms with E-state index >= 15 is 0 Å². The van der Waals surface area contributed by atoms with E-state index in [0.717, 1.165) is 29.7 Å². The highest BCUT2D eigenvalue weighted by Crippen LogP contribution is 2.31. The van der Waals surface area contributed by atoms with Crippen LogP contribution in [-0.2, 0) is 9.53 Å². The van der Waals surface area contributed by atoms with Gasteiger partial charge in [0.2, 0.25) is 5.91 Å². The lowest BCUT2D eigenvalue weighted by atomic mass is 9.86. The summed E-state index contributed by atoms with van der Waals surface area (Å²) in [4.78, 5) is 11.7. The number of ether oxygens (including phenoxy) is 1. The molecule has 3 rings (SSSR count). The molecule has 0 bridgehead atoms. The van der Waals surface area contributed by atoms with Crippen molar-refractivity contribution in [1.82, 2.24) is 10.5 Å². The van der Waals surface area contributed by atoms with E-state index in [1.54, 1.807) is 0 Å². The monoisotopic (exact) mass is 383 g/mol. The molecule has 6 nitrogen and oxygen atoms in total. The van der Waals surface area contributed by atoms with Gasteiger partial charge in [0, 0.05) is 24.6 Å². The van der Waals surface area contributed by atoms with Gasteiger partial charge in [-0.1, -0.05) is 49.3 Å². The van der Waals surface area contributed by atoms with Gasteiger partial charge in [-0.15, -0.1) is 0 Å². The molecule has 0 unspecified atom stereocenters. The zero-order chi connectivity index (χ0) is 20.1. The minimum Gasteiger partial charge on any atom is -0.369 e. The van der Waals surface area contributed by atoms with Crippen LogP contribution in [-0.4, -0.2) is 35.4 Å². The van der Waals surface area contributed by atoms with Crippen LogP contribution in [0.25, 0.3) is 16.9 Å². The Hall–Kier alpha value is -2.44. The van der Waals surface area contributed by atoms with Crippen molar-refractivity contribution < 1.29 is 14.1 Å². The minimum atomic E-state index is -0.301. The van der Waals surface area contributed by atoms with E-state index < -0.39 is 0 Å². The molecule has 1 aliphatic rings. The van der Waals surface area contributed by atoms with Gasteiger partial charge in [0.1, 0.15) is 5.69 Å². The summed E-state index contributed by atoms with van der Waals surface area (Å²) in [5.74, 6) is 0.606. The summed E-state index contributed by atoms with van der Waals surface area (Å²) in [5, 5.41) is 7.21. The summed E-state index contributed by atoms with van der Waals surface area (Å²) in [6, 6.07) is 11.3. The molecule has 0 aliphatic heterocycles. The minimum absolute atomic E-state index is 0.108. The van der Waals surface area contributed by atoms with Crippen molar-refractivity contribution >= 4 is 11.5 Å². The largest absolute Gasteiger partial charge is 0.369 e. The molecule has 3 N–H and O–H groups in total. The molecule has 0 radical (unpaired) electrons. The molecule has 0 fully saturated rings. The lowest BCUT2D eigenvalue weighted by Gasteiger charge is -2.36. The van der Waals surface area contributed by atoms with Crippen LogP contribution < -0.4 is 11.1 Å². The number of amides is 1. The SMILES string of the molecule is CCC(CC)O[C@@H]1C=C(c2cc(-c3ccccc3)on2)C[C@H](N)[C@H]1NC(C)=O. The third kappa shape index (κ3) is 4.69. The number of nitrogens with one attached hydrogen (secondary N) is 1. The Labute approximate surface area is 166 Å². The topological polar surface area (TPSA) is 90.4 Å². The van der Waals surface area contributed by atoms with Crippen molar-refractivity contribution in [2.24, 2.45) is 5.73 Å². The van der Waals surface area contributed by atoms with Crippen molar-refractivity contribution in [3.05, 3.63) is 48.2 Å². The standard InChI is InChI=1S/C22H29N3O3/c1-4-17(5-2)27-21-12-16(11-18(23)22(21)24-14(3)26)19-13-20(28-25-19)15-9-7-6-8-10-15/h6-10,12-13,17-18,21-22H,4-5,11,23H2,1-3H3,(H,24,26)/t18-,21+,22+/m0/s1. The molecule has 150 valence electrons.